The number of hydrogen-bond acceptors (Lipinski definition) is 3. The van der Waals surface area contributed by atoms with E-state index >= 15 is 0 Å². The summed E-state index contributed by atoms with van der Waals surface area (Å²) in [4.78, 5) is 4.63. The Labute approximate surface area is 134 Å². The largest absolute Gasteiger partial charge is 0.496 e. The normalized spacial score (nSPS) is 10.8. The summed E-state index contributed by atoms with van der Waals surface area (Å²) in [5, 5.41) is 0. The van der Waals surface area contributed by atoms with E-state index in [1.54, 1.807) is 7.11 Å². The Morgan fingerprint density at radius 3 is 2.43 bits per heavy atom. The maximum Gasteiger partial charge on any atom is 0.231 e. The van der Waals surface area contributed by atoms with Crippen molar-refractivity contribution in [1.82, 2.24) is 4.98 Å². The van der Waals surface area contributed by atoms with Crippen LogP contribution in [0.5, 0.6) is 5.75 Å². The van der Waals surface area contributed by atoms with Crippen LogP contribution in [0.15, 0.2) is 77.2 Å². The lowest BCUT2D eigenvalue weighted by molar-refractivity contribution is 0.414. The average molecular weight is 301 g/mol. The monoisotopic (exact) mass is 301 g/mol. The van der Waals surface area contributed by atoms with Gasteiger partial charge < -0.3 is 9.15 Å². The van der Waals surface area contributed by atoms with Crippen molar-refractivity contribution in [2.24, 2.45) is 0 Å². The number of aromatic nitrogens is 1. The van der Waals surface area contributed by atoms with Gasteiger partial charge in [-0.05, 0) is 35.4 Å². The van der Waals surface area contributed by atoms with E-state index < -0.39 is 0 Å². The Bertz CT molecular complexity index is 958. The number of para-hydroxylation sites is 1. The molecule has 1 aromatic heterocycles. The molecule has 3 heteroatoms. The molecule has 3 aromatic carbocycles. The predicted molar refractivity (Wildman–Crippen MR) is 91.4 cm³/mol. The highest BCUT2D eigenvalue weighted by Crippen LogP contribution is 2.32. The zero-order chi connectivity index (χ0) is 15.6. The van der Waals surface area contributed by atoms with Gasteiger partial charge in [-0.25, -0.2) is 4.98 Å². The van der Waals surface area contributed by atoms with Gasteiger partial charge in [0.1, 0.15) is 11.3 Å². The number of hydrogen-bond donors (Lipinski definition) is 0. The van der Waals surface area contributed by atoms with Crippen molar-refractivity contribution in [2.45, 2.75) is 0 Å². The molecular formula is C20H15NO2. The molecule has 0 spiro atoms. The van der Waals surface area contributed by atoms with Crippen molar-refractivity contribution >= 4 is 11.1 Å². The lowest BCUT2D eigenvalue weighted by Gasteiger charge is -2.03. The van der Waals surface area contributed by atoms with E-state index in [1.165, 1.54) is 0 Å². The number of fused-ring (bicyclic) bond motifs is 1. The summed E-state index contributed by atoms with van der Waals surface area (Å²) in [5.74, 6) is 1.32. The van der Waals surface area contributed by atoms with Crippen LogP contribution in [-0.4, -0.2) is 12.1 Å². The van der Waals surface area contributed by atoms with Crippen LogP contribution in [0.1, 0.15) is 0 Å². The second kappa shape index (κ2) is 5.61. The van der Waals surface area contributed by atoms with E-state index in [2.05, 4.69) is 23.2 Å². The molecular weight excluding hydrogens is 286 g/mol. The van der Waals surface area contributed by atoms with E-state index in [-0.39, 0.29) is 0 Å². The first kappa shape index (κ1) is 13.6. The van der Waals surface area contributed by atoms with E-state index in [0.29, 0.717) is 5.89 Å². The summed E-state index contributed by atoms with van der Waals surface area (Å²) in [6, 6.07) is 24.0. The van der Waals surface area contributed by atoms with Gasteiger partial charge in [-0.3, -0.25) is 0 Å². The SMILES string of the molecule is COc1ccccc1-c1nc2cc(-c3ccccc3)ccc2o1. The third-order valence-electron chi connectivity index (χ3n) is 3.83. The number of rotatable bonds is 3. The van der Waals surface area contributed by atoms with E-state index in [9.17, 15) is 0 Å². The topological polar surface area (TPSA) is 35.3 Å². The summed E-state index contributed by atoms with van der Waals surface area (Å²) in [5.41, 5.74) is 4.75. The van der Waals surface area contributed by atoms with Crippen LogP contribution in [0.25, 0.3) is 33.7 Å². The number of oxazole rings is 1. The van der Waals surface area contributed by atoms with Gasteiger partial charge in [-0.2, -0.15) is 0 Å². The first-order chi connectivity index (χ1) is 11.3. The fourth-order valence-corrected chi connectivity index (χ4v) is 2.67. The van der Waals surface area contributed by atoms with Gasteiger partial charge in [0, 0.05) is 0 Å². The minimum absolute atomic E-state index is 0.572. The van der Waals surface area contributed by atoms with Crippen molar-refractivity contribution in [2.75, 3.05) is 7.11 Å². The molecule has 23 heavy (non-hydrogen) atoms. The van der Waals surface area contributed by atoms with Crippen LogP contribution in [0.3, 0.4) is 0 Å². The lowest BCUT2D eigenvalue weighted by Crippen LogP contribution is -1.86. The second-order valence-electron chi connectivity index (χ2n) is 5.27. The number of benzene rings is 3. The Hall–Kier alpha value is -3.07. The van der Waals surface area contributed by atoms with Crippen LogP contribution in [0.2, 0.25) is 0 Å². The third kappa shape index (κ3) is 2.46. The molecule has 0 bridgehead atoms. The Kier molecular flexibility index (Phi) is 3.31. The molecule has 0 saturated heterocycles. The van der Waals surface area contributed by atoms with Gasteiger partial charge in [0.05, 0.1) is 12.7 Å². The maximum absolute atomic E-state index is 5.90. The Morgan fingerprint density at radius 1 is 0.826 bits per heavy atom. The Balaban J connectivity index is 1.83. The fourth-order valence-electron chi connectivity index (χ4n) is 2.67. The highest BCUT2D eigenvalue weighted by molar-refractivity contribution is 5.83. The molecule has 4 rings (SSSR count). The van der Waals surface area contributed by atoms with Gasteiger partial charge in [0.15, 0.2) is 5.58 Å². The van der Waals surface area contributed by atoms with Gasteiger partial charge in [0.2, 0.25) is 5.89 Å². The van der Waals surface area contributed by atoms with Crippen LogP contribution in [0, 0.1) is 0 Å². The summed E-state index contributed by atoms with van der Waals surface area (Å²) < 4.78 is 11.3. The number of nitrogens with zero attached hydrogens (tertiary/aromatic N) is 1. The molecule has 3 nitrogen and oxygen atoms in total. The van der Waals surface area contributed by atoms with Gasteiger partial charge in [0.25, 0.3) is 0 Å². The van der Waals surface area contributed by atoms with Gasteiger partial charge in [-0.1, -0.05) is 48.5 Å². The van der Waals surface area contributed by atoms with Crippen molar-refractivity contribution in [3.05, 3.63) is 72.8 Å². The molecule has 0 radical (unpaired) electrons. The first-order valence-electron chi connectivity index (χ1n) is 7.44. The molecule has 112 valence electrons. The van der Waals surface area contributed by atoms with Crippen LogP contribution < -0.4 is 4.74 Å². The number of methoxy groups -OCH3 is 1. The van der Waals surface area contributed by atoms with E-state index in [0.717, 1.165) is 33.5 Å². The maximum atomic E-state index is 5.90. The van der Waals surface area contributed by atoms with Crippen molar-refractivity contribution < 1.29 is 9.15 Å². The molecule has 0 aliphatic rings. The zero-order valence-electron chi connectivity index (χ0n) is 12.7. The predicted octanol–water partition coefficient (Wildman–Crippen LogP) is 5.17. The molecule has 0 amide bonds. The molecule has 1 heterocycles. The van der Waals surface area contributed by atoms with Gasteiger partial charge in [-0.15, -0.1) is 0 Å². The van der Waals surface area contributed by atoms with Crippen molar-refractivity contribution in [3.8, 4) is 28.3 Å². The minimum Gasteiger partial charge on any atom is -0.496 e. The summed E-state index contributed by atoms with van der Waals surface area (Å²) in [6.45, 7) is 0. The summed E-state index contributed by atoms with van der Waals surface area (Å²) in [7, 11) is 1.65. The molecule has 0 unspecified atom stereocenters. The summed E-state index contributed by atoms with van der Waals surface area (Å²) >= 11 is 0. The van der Waals surface area contributed by atoms with E-state index in [4.69, 9.17) is 9.15 Å². The second-order valence-corrected chi connectivity index (χ2v) is 5.27. The van der Waals surface area contributed by atoms with Gasteiger partial charge >= 0.3 is 0 Å². The molecule has 0 saturated carbocycles. The molecule has 0 aliphatic heterocycles. The Morgan fingerprint density at radius 2 is 1.61 bits per heavy atom. The highest BCUT2D eigenvalue weighted by atomic mass is 16.5. The molecule has 0 aliphatic carbocycles. The standard InChI is InChI=1S/C20H15NO2/c1-22-18-10-6-5-9-16(18)20-21-17-13-15(11-12-19(17)23-20)14-7-3-2-4-8-14/h2-13H,1H3. The average Bonchev–Trinajstić information content (AvgIpc) is 3.05. The lowest BCUT2D eigenvalue weighted by atomic mass is 10.1. The highest BCUT2D eigenvalue weighted by Gasteiger charge is 2.13. The van der Waals surface area contributed by atoms with Crippen molar-refractivity contribution in [1.29, 1.82) is 0 Å². The molecule has 4 aromatic rings. The van der Waals surface area contributed by atoms with Crippen LogP contribution in [0.4, 0.5) is 0 Å². The number of ether oxygens (including phenoxy) is 1. The molecule has 0 atom stereocenters. The zero-order valence-corrected chi connectivity index (χ0v) is 12.7. The third-order valence-corrected chi connectivity index (χ3v) is 3.83. The van der Waals surface area contributed by atoms with E-state index in [1.807, 2.05) is 54.6 Å². The van der Waals surface area contributed by atoms with Crippen molar-refractivity contribution in [3.63, 3.8) is 0 Å². The van der Waals surface area contributed by atoms with Crippen LogP contribution in [-0.2, 0) is 0 Å². The quantitative estimate of drug-likeness (QED) is 0.523. The minimum atomic E-state index is 0.572. The smallest absolute Gasteiger partial charge is 0.231 e. The molecule has 0 N–H and O–H groups in total. The molecule has 0 fully saturated rings. The fraction of sp³-hybridized carbons (Fsp3) is 0.0500. The van der Waals surface area contributed by atoms with Crippen LogP contribution >= 0.6 is 0 Å². The first-order valence-corrected chi connectivity index (χ1v) is 7.44. The summed E-state index contributed by atoms with van der Waals surface area (Å²) in [6.07, 6.45) is 0.